The number of rotatable bonds is 72. The summed E-state index contributed by atoms with van der Waals surface area (Å²) in [6.45, 7) is 4.90. The predicted octanol–water partition coefficient (Wildman–Crippen LogP) is 20.7. The summed E-state index contributed by atoms with van der Waals surface area (Å²) in [4.78, 5) is 72.4. The lowest BCUT2D eigenvalue weighted by Crippen LogP contribution is -2.30. The highest BCUT2D eigenvalue weighted by Gasteiger charge is 2.30. The molecule has 5 atom stereocenters. The standard InChI is InChI=1S/C71H138O17P2/c1-5-9-13-17-21-25-27-29-30-31-32-33-34-35-36-37-39-42-46-50-54-58-71(76)88-67(62-82-69(74)56-52-48-44-41-38-28-26-22-18-14-10-6-2)64-86-90(79,80)84-60-65(72)59-83-89(77,78)85-63-66(61-81-68(73)55-51-47-43-24-20-16-12-8-4)87-70(75)57-53-49-45-40-23-19-15-11-7-3/h65-67,72H,5-64H2,1-4H3,(H,77,78)(H,79,80)/t65-,66+,67+/m0/s1. The quantitative estimate of drug-likeness (QED) is 0.0222. The Morgan fingerprint density at radius 1 is 0.267 bits per heavy atom. The Morgan fingerprint density at radius 3 is 0.656 bits per heavy atom. The monoisotopic (exact) mass is 1320 g/mol. The van der Waals surface area contributed by atoms with Crippen LogP contribution in [0.1, 0.15) is 374 Å². The Kier molecular flexibility index (Phi) is 64.3. The third-order valence-corrected chi connectivity index (χ3v) is 18.5. The second kappa shape index (κ2) is 65.7. The first-order valence-electron chi connectivity index (χ1n) is 37.3. The van der Waals surface area contributed by atoms with E-state index in [-0.39, 0.29) is 25.7 Å². The molecule has 2 unspecified atom stereocenters. The van der Waals surface area contributed by atoms with E-state index in [0.29, 0.717) is 25.7 Å². The number of hydrogen-bond donors (Lipinski definition) is 3. The summed E-state index contributed by atoms with van der Waals surface area (Å²) >= 11 is 0. The van der Waals surface area contributed by atoms with Gasteiger partial charge in [-0.1, -0.05) is 323 Å². The van der Waals surface area contributed by atoms with Gasteiger partial charge < -0.3 is 33.8 Å². The zero-order valence-electron chi connectivity index (χ0n) is 58.1. The van der Waals surface area contributed by atoms with Crippen molar-refractivity contribution in [3.05, 3.63) is 0 Å². The van der Waals surface area contributed by atoms with Gasteiger partial charge in [0.2, 0.25) is 0 Å². The maximum atomic E-state index is 13.0. The van der Waals surface area contributed by atoms with Crippen molar-refractivity contribution < 1.29 is 80.2 Å². The number of unbranched alkanes of at least 4 members (excludes halogenated alkanes) is 46. The molecule has 90 heavy (non-hydrogen) atoms. The van der Waals surface area contributed by atoms with Crippen LogP contribution in [0, 0.1) is 0 Å². The summed E-state index contributed by atoms with van der Waals surface area (Å²) in [6.07, 6.45) is 54.3. The van der Waals surface area contributed by atoms with E-state index in [9.17, 15) is 43.2 Å². The lowest BCUT2D eigenvalue weighted by Gasteiger charge is -2.21. The SMILES string of the molecule is CCCCCCCCCCCCCCCCCCCCCCCC(=O)O[C@H](COC(=O)CCCCCCCCCCCCCC)COP(=O)(O)OC[C@@H](O)COP(=O)(O)OC[C@@H](COC(=O)CCCCCCCCCC)OC(=O)CCCCCCCCCCC. The number of ether oxygens (including phenoxy) is 4. The summed E-state index contributed by atoms with van der Waals surface area (Å²) in [7, 11) is -9.89. The van der Waals surface area contributed by atoms with Crippen LogP contribution in [0.4, 0.5) is 0 Å². The number of carbonyl (C=O) groups excluding carboxylic acids is 4. The smallest absolute Gasteiger partial charge is 0.462 e. The molecule has 0 aliphatic rings. The van der Waals surface area contributed by atoms with Gasteiger partial charge in [0, 0.05) is 25.7 Å². The molecule has 17 nitrogen and oxygen atoms in total. The van der Waals surface area contributed by atoms with Gasteiger partial charge in [-0.3, -0.25) is 37.3 Å². The van der Waals surface area contributed by atoms with E-state index in [1.807, 2.05) is 0 Å². The van der Waals surface area contributed by atoms with Crippen molar-refractivity contribution in [2.45, 2.75) is 393 Å². The van der Waals surface area contributed by atoms with Crippen LogP contribution >= 0.6 is 15.6 Å². The van der Waals surface area contributed by atoms with E-state index in [4.69, 9.17) is 37.0 Å². The van der Waals surface area contributed by atoms with Crippen LogP contribution in [-0.2, 0) is 65.4 Å². The van der Waals surface area contributed by atoms with Crippen LogP contribution in [0.5, 0.6) is 0 Å². The van der Waals surface area contributed by atoms with E-state index < -0.39 is 97.5 Å². The number of esters is 4. The molecule has 0 saturated heterocycles. The fraction of sp³-hybridized carbons (Fsp3) is 0.944. The van der Waals surface area contributed by atoms with Crippen LogP contribution in [0.15, 0.2) is 0 Å². The number of aliphatic hydroxyl groups excluding tert-OH is 1. The second-order valence-electron chi connectivity index (χ2n) is 25.6. The minimum Gasteiger partial charge on any atom is -0.462 e. The number of phosphoric acid groups is 2. The first-order chi connectivity index (χ1) is 43.7. The summed E-state index contributed by atoms with van der Waals surface area (Å²) < 4.78 is 68.2. The molecule has 0 saturated carbocycles. The van der Waals surface area contributed by atoms with Gasteiger partial charge in [0.25, 0.3) is 0 Å². The van der Waals surface area contributed by atoms with Crippen molar-refractivity contribution >= 4 is 39.5 Å². The van der Waals surface area contributed by atoms with Crippen LogP contribution in [-0.4, -0.2) is 96.7 Å². The molecule has 0 aromatic heterocycles. The molecule has 0 amide bonds. The number of phosphoric ester groups is 2. The first-order valence-corrected chi connectivity index (χ1v) is 40.3. The highest BCUT2D eigenvalue weighted by atomic mass is 31.2. The van der Waals surface area contributed by atoms with E-state index in [2.05, 4.69) is 27.7 Å². The molecule has 19 heteroatoms. The summed E-state index contributed by atoms with van der Waals surface area (Å²) in [5, 5.41) is 10.6. The Bertz CT molecular complexity index is 1720. The Morgan fingerprint density at radius 2 is 0.444 bits per heavy atom. The molecule has 0 heterocycles. The van der Waals surface area contributed by atoms with Crippen LogP contribution < -0.4 is 0 Å². The number of hydrogen-bond acceptors (Lipinski definition) is 15. The van der Waals surface area contributed by atoms with Crippen molar-refractivity contribution in [1.29, 1.82) is 0 Å². The average Bonchev–Trinajstić information content (AvgIpc) is 3.65. The zero-order valence-corrected chi connectivity index (χ0v) is 59.9. The normalized spacial score (nSPS) is 14.0. The Hall–Kier alpha value is -1.94. The summed E-state index contributed by atoms with van der Waals surface area (Å²) in [5.41, 5.74) is 0. The molecule has 0 radical (unpaired) electrons. The molecule has 3 N–H and O–H groups in total. The fourth-order valence-electron chi connectivity index (χ4n) is 10.9. The molecule has 0 fully saturated rings. The Balaban J connectivity index is 5.13. The van der Waals surface area contributed by atoms with Gasteiger partial charge in [-0.2, -0.15) is 0 Å². The van der Waals surface area contributed by atoms with Gasteiger partial charge in [-0.25, -0.2) is 9.13 Å². The maximum absolute atomic E-state index is 13.0. The highest BCUT2D eigenvalue weighted by molar-refractivity contribution is 7.47. The van der Waals surface area contributed by atoms with E-state index in [1.54, 1.807) is 0 Å². The molecule has 0 aliphatic heterocycles. The number of aliphatic hydroxyl groups is 1. The van der Waals surface area contributed by atoms with Crippen molar-refractivity contribution in [2.75, 3.05) is 39.6 Å². The average molecular weight is 1330 g/mol. The van der Waals surface area contributed by atoms with Crippen LogP contribution in [0.25, 0.3) is 0 Å². The second-order valence-corrected chi connectivity index (χ2v) is 28.5. The van der Waals surface area contributed by atoms with Crippen molar-refractivity contribution in [2.24, 2.45) is 0 Å². The highest BCUT2D eigenvalue weighted by Crippen LogP contribution is 2.45. The topological polar surface area (TPSA) is 237 Å². The molecule has 0 spiro atoms. The number of carbonyl (C=O) groups is 4. The van der Waals surface area contributed by atoms with Crippen LogP contribution in [0.2, 0.25) is 0 Å². The molecule has 534 valence electrons. The third kappa shape index (κ3) is 64.8. The molecule has 0 aromatic rings. The summed E-state index contributed by atoms with van der Waals surface area (Å²) in [6, 6.07) is 0. The van der Waals surface area contributed by atoms with E-state index in [0.717, 1.165) is 96.3 Å². The fourth-order valence-corrected chi connectivity index (χ4v) is 12.4. The van der Waals surface area contributed by atoms with Crippen LogP contribution in [0.3, 0.4) is 0 Å². The van der Waals surface area contributed by atoms with Gasteiger partial charge >= 0.3 is 39.5 Å². The predicted molar refractivity (Wildman–Crippen MR) is 363 cm³/mol. The van der Waals surface area contributed by atoms with Gasteiger partial charge in [0.15, 0.2) is 12.2 Å². The molecular formula is C71H138O17P2. The first kappa shape index (κ1) is 88.1. The lowest BCUT2D eigenvalue weighted by atomic mass is 10.0. The molecule has 0 aromatic carbocycles. The minimum atomic E-state index is -4.95. The van der Waals surface area contributed by atoms with Gasteiger partial charge in [0.05, 0.1) is 26.4 Å². The largest absolute Gasteiger partial charge is 0.472 e. The van der Waals surface area contributed by atoms with E-state index in [1.165, 1.54) is 199 Å². The van der Waals surface area contributed by atoms with Crippen molar-refractivity contribution in [3.63, 3.8) is 0 Å². The molecule has 0 aliphatic carbocycles. The van der Waals surface area contributed by atoms with Gasteiger partial charge in [-0.05, 0) is 25.7 Å². The minimum absolute atomic E-state index is 0.106. The van der Waals surface area contributed by atoms with Crippen molar-refractivity contribution in [3.8, 4) is 0 Å². The van der Waals surface area contributed by atoms with Gasteiger partial charge in [-0.15, -0.1) is 0 Å². The molecule has 0 rings (SSSR count). The Labute approximate surface area is 549 Å². The summed E-state index contributed by atoms with van der Waals surface area (Å²) in [5.74, 6) is -2.12. The van der Waals surface area contributed by atoms with Gasteiger partial charge in [0.1, 0.15) is 19.3 Å². The maximum Gasteiger partial charge on any atom is 0.472 e. The molecular weight excluding hydrogens is 1190 g/mol. The van der Waals surface area contributed by atoms with E-state index >= 15 is 0 Å². The lowest BCUT2D eigenvalue weighted by molar-refractivity contribution is -0.161. The molecule has 0 bridgehead atoms. The third-order valence-electron chi connectivity index (χ3n) is 16.6. The zero-order chi connectivity index (χ0) is 66.1. The van der Waals surface area contributed by atoms with Crippen molar-refractivity contribution in [1.82, 2.24) is 0 Å².